The molecule has 0 radical (unpaired) electrons. The number of amides is 2. The van der Waals surface area contributed by atoms with Gasteiger partial charge in [0.2, 0.25) is 11.8 Å². The molecule has 0 aliphatic rings. The number of nitrogens with zero attached hydrogens (tertiary/aromatic N) is 2. The third-order valence-electron chi connectivity index (χ3n) is 6.47. The molecule has 0 aliphatic heterocycles. The Balaban J connectivity index is 2.06. The molecular weight excluding hydrogens is 573 g/mol. The molecule has 1 N–H and O–H groups in total. The number of carbonyl (C=O) groups excluding carboxylic acids is 2. The van der Waals surface area contributed by atoms with Crippen LogP contribution in [0.4, 0.5) is 5.69 Å². The number of hydrogen-bond donors (Lipinski definition) is 1. The fraction of sp³-hybridized carbons (Fsp3) is 0.310. The third kappa shape index (κ3) is 7.47. The summed E-state index contributed by atoms with van der Waals surface area (Å²) in [5.41, 5.74) is 0.814. The van der Waals surface area contributed by atoms with Gasteiger partial charge >= 0.3 is 0 Å². The van der Waals surface area contributed by atoms with E-state index in [-0.39, 0.29) is 34.8 Å². The number of rotatable bonds is 12. The van der Waals surface area contributed by atoms with Gasteiger partial charge in [-0.25, -0.2) is 8.42 Å². The van der Waals surface area contributed by atoms with Crippen LogP contribution >= 0.6 is 23.2 Å². The summed E-state index contributed by atoms with van der Waals surface area (Å²) in [5.74, 6) is -0.686. The Kier molecular flexibility index (Phi) is 10.8. The molecule has 2 amide bonds. The number of nitrogens with one attached hydrogen (secondary N) is 1. The molecule has 0 aromatic heterocycles. The van der Waals surface area contributed by atoms with Gasteiger partial charge in [-0.05, 0) is 62.2 Å². The molecule has 0 unspecified atom stereocenters. The zero-order valence-electron chi connectivity index (χ0n) is 22.8. The van der Waals surface area contributed by atoms with Gasteiger partial charge in [-0.3, -0.25) is 13.9 Å². The smallest absolute Gasteiger partial charge is 0.264 e. The topological polar surface area (TPSA) is 96.0 Å². The molecule has 0 saturated heterocycles. The number of carbonyl (C=O) groups is 2. The maximum absolute atomic E-state index is 14.0. The van der Waals surface area contributed by atoms with Gasteiger partial charge in [0.05, 0.1) is 27.7 Å². The van der Waals surface area contributed by atoms with Gasteiger partial charge < -0.3 is 15.0 Å². The van der Waals surface area contributed by atoms with Crippen molar-refractivity contribution in [2.45, 2.75) is 50.7 Å². The number of sulfonamides is 1. The van der Waals surface area contributed by atoms with E-state index in [1.165, 1.54) is 24.1 Å². The van der Waals surface area contributed by atoms with E-state index >= 15 is 0 Å². The van der Waals surface area contributed by atoms with E-state index in [1.807, 2.05) is 13.8 Å². The van der Waals surface area contributed by atoms with E-state index < -0.39 is 28.5 Å². The van der Waals surface area contributed by atoms with Gasteiger partial charge in [0.15, 0.2) is 0 Å². The molecule has 40 heavy (non-hydrogen) atoms. The first-order valence-corrected chi connectivity index (χ1v) is 14.9. The van der Waals surface area contributed by atoms with Crippen LogP contribution in [0.25, 0.3) is 0 Å². The summed E-state index contributed by atoms with van der Waals surface area (Å²) in [7, 11) is -2.78. The number of benzene rings is 3. The largest absolute Gasteiger partial charge is 0.495 e. The molecule has 0 bridgehead atoms. The Labute approximate surface area is 245 Å². The summed E-state index contributed by atoms with van der Waals surface area (Å²) < 4.78 is 34.2. The molecule has 214 valence electrons. The van der Waals surface area contributed by atoms with Crippen molar-refractivity contribution in [3.05, 3.63) is 88.4 Å². The maximum atomic E-state index is 14.0. The predicted octanol–water partition coefficient (Wildman–Crippen LogP) is 5.53. The van der Waals surface area contributed by atoms with Gasteiger partial charge in [0, 0.05) is 12.6 Å². The van der Waals surface area contributed by atoms with Gasteiger partial charge in [-0.1, -0.05) is 66.5 Å². The zero-order chi connectivity index (χ0) is 29.4. The lowest BCUT2D eigenvalue weighted by molar-refractivity contribution is -0.139. The van der Waals surface area contributed by atoms with Crippen molar-refractivity contribution in [2.24, 2.45) is 0 Å². The van der Waals surface area contributed by atoms with Crippen LogP contribution in [0.2, 0.25) is 10.0 Å². The van der Waals surface area contributed by atoms with Crippen LogP contribution in [0.3, 0.4) is 0 Å². The lowest BCUT2D eigenvalue weighted by atomic mass is 10.1. The fourth-order valence-corrected chi connectivity index (χ4v) is 5.72. The average Bonchev–Trinajstić information content (AvgIpc) is 2.96. The molecule has 3 aromatic carbocycles. The average molecular weight is 607 g/mol. The molecule has 0 spiro atoms. The number of halogens is 2. The van der Waals surface area contributed by atoms with Crippen molar-refractivity contribution < 1.29 is 22.7 Å². The Bertz CT molecular complexity index is 1440. The minimum absolute atomic E-state index is 0.00400. The van der Waals surface area contributed by atoms with Crippen LogP contribution in [-0.2, 0) is 26.2 Å². The Morgan fingerprint density at radius 1 is 0.950 bits per heavy atom. The van der Waals surface area contributed by atoms with Crippen LogP contribution in [0, 0.1) is 0 Å². The molecule has 3 aromatic rings. The summed E-state index contributed by atoms with van der Waals surface area (Å²) in [6.45, 7) is 4.82. The van der Waals surface area contributed by atoms with Crippen LogP contribution in [-0.4, -0.2) is 50.9 Å². The highest BCUT2D eigenvalue weighted by Gasteiger charge is 2.34. The number of ether oxygens (including phenoxy) is 1. The molecular formula is C29H33Cl2N3O5S. The summed E-state index contributed by atoms with van der Waals surface area (Å²) in [4.78, 5) is 28.5. The van der Waals surface area contributed by atoms with Crippen LogP contribution in [0.5, 0.6) is 5.75 Å². The van der Waals surface area contributed by atoms with Crippen molar-refractivity contribution >= 4 is 50.7 Å². The maximum Gasteiger partial charge on any atom is 0.264 e. The van der Waals surface area contributed by atoms with Crippen molar-refractivity contribution in [1.82, 2.24) is 10.2 Å². The second-order valence-corrected chi connectivity index (χ2v) is 11.9. The highest BCUT2D eigenvalue weighted by atomic mass is 35.5. The summed E-state index contributed by atoms with van der Waals surface area (Å²) in [6.07, 6.45) is 0.704. The van der Waals surface area contributed by atoms with E-state index in [0.717, 1.165) is 4.31 Å². The highest BCUT2D eigenvalue weighted by Crippen LogP contribution is 2.32. The standard InChI is InChI=1S/C29H33Cl2N3O5S/c1-5-20(2)32-29(36)21(3)33(18-22-15-16-24(30)25(31)17-22)28(35)19-34(26-13-9-10-14-27(26)39-4)40(37,38)23-11-7-6-8-12-23/h6-17,20-21H,5,18-19H2,1-4H3,(H,32,36)/t20-,21-/m1/s1. The van der Waals surface area contributed by atoms with Crippen molar-refractivity contribution in [1.29, 1.82) is 0 Å². The van der Waals surface area contributed by atoms with Crippen LogP contribution in [0.15, 0.2) is 77.7 Å². The highest BCUT2D eigenvalue weighted by molar-refractivity contribution is 7.92. The monoisotopic (exact) mass is 605 g/mol. The van der Waals surface area contributed by atoms with E-state index in [2.05, 4.69) is 5.32 Å². The van der Waals surface area contributed by atoms with E-state index in [1.54, 1.807) is 67.6 Å². The van der Waals surface area contributed by atoms with Crippen molar-refractivity contribution in [2.75, 3.05) is 18.0 Å². The first-order chi connectivity index (χ1) is 19.0. The molecule has 0 saturated carbocycles. The van der Waals surface area contributed by atoms with E-state index in [4.69, 9.17) is 27.9 Å². The zero-order valence-corrected chi connectivity index (χ0v) is 25.1. The minimum atomic E-state index is -4.20. The number of para-hydroxylation sites is 2. The summed E-state index contributed by atoms with van der Waals surface area (Å²) in [5, 5.41) is 3.54. The summed E-state index contributed by atoms with van der Waals surface area (Å²) >= 11 is 12.3. The molecule has 3 rings (SSSR count). The SMILES string of the molecule is CC[C@@H](C)NC(=O)[C@@H](C)N(Cc1ccc(Cl)c(Cl)c1)C(=O)CN(c1ccccc1OC)S(=O)(=O)c1ccccc1. The Morgan fingerprint density at radius 3 is 2.23 bits per heavy atom. The van der Waals surface area contributed by atoms with Gasteiger partial charge in [0.1, 0.15) is 18.3 Å². The van der Waals surface area contributed by atoms with E-state index in [9.17, 15) is 18.0 Å². The number of hydrogen-bond acceptors (Lipinski definition) is 5. The molecule has 2 atom stereocenters. The second-order valence-electron chi connectivity index (χ2n) is 9.26. The van der Waals surface area contributed by atoms with Crippen molar-refractivity contribution in [3.63, 3.8) is 0 Å². The molecule has 0 heterocycles. The molecule has 11 heteroatoms. The van der Waals surface area contributed by atoms with Gasteiger partial charge in [0.25, 0.3) is 10.0 Å². The molecule has 0 aliphatic carbocycles. The predicted molar refractivity (Wildman–Crippen MR) is 158 cm³/mol. The Hall–Kier alpha value is -3.27. The fourth-order valence-electron chi connectivity index (χ4n) is 3.95. The normalized spacial score (nSPS) is 12.8. The van der Waals surface area contributed by atoms with Crippen LogP contribution in [0.1, 0.15) is 32.8 Å². The van der Waals surface area contributed by atoms with Crippen molar-refractivity contribution in [3.8, 4) is 5.75 Å². The molecule has 8 nitrogen and oxygen atoms in total. The number of methoxy groups -OCH3 is 1. The third-order valence-corrected chi connectivity index (χ3v) is 8.98. The van der Waals surface area contributed by atoms with E-state index in [0.29, 0.717) is 22.0 Å². The number of anilines is 1. The van der Waals surface area contributed by atoms with Gasteiger partial charge in [-0.2, -0.15) is 0 Å². The first kappa shape index (κ1) is 31.3. The Morgan fingerprint density at radius 2 is 1.60 bits per heavy atom. The molecule has 0 fully saturated rings. The second kappa shape index (κ2) is 13.9. The minimum Gasteiger partial charge on any atom is -0.495 e. The summed E-state index contributed by atoms with van der Waals surface area (Å²) in [6, 6.07) is 18.2. The lowest BCUT2D eigenvalue weighted by Gasteiger charge is -2.32. The quantitative estimate of drug-likeness (QED) is 0.293. The van der Waals surface area contributed by atoms with Crippen LogP contribution < -0.4 is 14.4 Å². The first-order valence-electron chi connectivity index (χ1n) is 12.7. The van der Waals surface area contributed by atoms with Gasteiger partial charge in [-0.15, -0.1) is 0 Å². The lowest BCUT2D eigenvalue weighted by Crippen LogP contribution is -2.52.